The number of piperidine rings is 2. The molecule has 12 nitrogen and oxygen atoms in total. The maximum Gasteiger partial charge on any atom is 0.314 e. The third-order valence-corrected chi connectivity index (χ3v) is 19.0. The smallest absolute Gasteiger partial charge is 0.314 e. The Labute approximate surface area is 399 Å². The van der Waals surface area contributed by atoms with Crippen molar-refractivity contribution in [1.82, 2.24) is 17.7 Å². The third kappa shape index (κ3) is 7.46. The second-order valence-corrected chi connectivity index (χ2v) is 22.5. The monoisotopic (exact) mass is 956 g/mol. The van der Waals surface area contributed by atoms with E-state index in [4.69, 9.17) is 9.47 Å². The van der Waals surface area contributed by atoms with Crippen molar-refractivity contribution in [2.24, 2.45) is 23.7 Å². The molecule has 4 aliphatic heterocycles. The van der Waals surface area contributed by atoms with Gasteiger partial charge in [0.25, 0.3) is 0 Å². The number of hydrogen-bond acceptors (Lipinski definition) is 8. The lowest BCUT2D eigenvalue weighted by Crippen LogP contribution is -2.54. The molecule has 2 saturated heterocycles. The van der Waals surface area contributed by atoms with Crippen LogP contribution in [-0.2, 0) is 39.1 Å². The zero-order valence-electron chi connectivity index (χ0n) is 39.5. The quantitative estimate of drug-likeness (QED) is 0.0978. The lowest BCUT2D eigenvalue weighted by atomic mass is 9.69. The SMILES string of the molecule is C=CC[C@H]1[C@H]2CCN(S(=O)(=O)c3ccc(C)cc3)[C@@H]1n1c(c(C)c3ccccc31)[C@H]2C(=O)OC.C=CC[C@H]1[C@H]2CCN(S(=O)(=O)c3ccc(C)cc3)[C@@H]1n1c(c(C)c3ccccc31)[C@H]2C(=O)OC. The molecule has 4 aliphatic rings. The minimum atomic E-state index is -3.76. The molecule has 0 amide bonds. The van der Waals surface area contributed by atoms with Gasteiger partial charge in [0.1, 0.15) is 24.2 Å². The molecule has 0 radical (unpaired) electrons. The largest absolute Gasteiger partial charge is 0.468 e. The summed E-state index contributed by atoms with van der Waals surface area (Å²) in [6.45, 7) is 16.5. The van der Waals surface area contributed by atoms with Crippen LogP contribution in [0.3, 0.4) is 0 Å². The predicted octanol–water partition coefficient (Wildman–Crippen LogP) is 9.86. The number of fused-ring (bicyclic) bond motifs is 12. The fraction of sp³-hybridized carbons (Fsp3) is 0.370. The van der Waals surface area contributed by atoms with Crippen molar-refractivity contribution in [2.75, 3.05) is 27.3 Å². The van der Waals surface area contributed by atoms with Gasteiger partial charge in [0, 0.05) is 58.1 Å². The van der Waals surface area contributed by atoms with E-state index >= 15 is 0 Å². The lowest BCUT2D eigenvalue weighted by Gasteiger charge is -2.51. The normalized spacial score (nSPS) is 24.6. The summed E-state index contributed by atoms with van der Waals surface area (Å²) in [6, 6.07) is 30.0. The highest BCUT2D eigenvalue weighted by molar-refractivity contribution is 7.89. The van der Waals surface area contributed by atoms with E-state index in [0.29, 0.717) is 48.6 Å². The minimum absolute atomic E-state index is 0.0320. The van der Waals surface area contributed by atoms with Gasteiger partial charge < -0.3 is 18.6 Å². The number of carbonyl (C=O) groups excluding carboxylic acids is 2. The highest BCUT2D eigenvalue weighted by Gasteiger charge is 2.56. The van der Waals surface area contributed by atoms with Gasteiger partial charge in [0.15, 0.2) is 0 Å². The molecule has 8 atom stereocenters. The Balaban J connectivity index is 0.000000170. The van der Waals surface area contributed by atoms with E-state index in [0.717, 1.165) is 55.4 Å². The van der Waals surface area contributed by atoms with Crippen LogP contribution in [0.5, 0.6) is 0 Å². The second-order valence-electron chi connectivity index (χ2n) is 18.8. The number of aromatic nitrogens is 2. The summed E-state index contributed by atoms with van der Waals surface area (Å²) in [5.41, 5.74) is 7.64. The van der Waals surface area contributed by atoms with E-state index in [1.807, 2.05) is 113 Å². The average Bonchev–Trinajstić information content (AvgIpc) is 3.78. The Kier molecular flexibility index (Phi) is 12.7. The second kappa shape index (κ2) is 18.3. The summed E-state index contributed by atoms with van der Waals surface area (Å²) in [5.74, 6) is -1.67. The van der Waals surface area contributed by atoms with Crippen LogP contribution in [-0.4, -0.2) is 73.8 Å². The van der Waals surface area contributed by atoms with E-state index in [9.17, 15) is 26.4 Å². The lowest BCUT2D eigenvalue weighted by molar-refractivity contribution is -0.148. The topological polar surface area (TPSA) is 137 Å². The Morgan fingerprint density at radius 3 is 1.26 bits per heavy atom. The summed E-state index contributed by atoms with van der Waals surface area (Å²) >= 11 is 0. The van der Waals surface area contributed by atoms with Crippen molar-refractivity contribution >= 4 is 53.8 Å². The number of rotatable bonds is 10. The molecule has 0 saturated carbocycles. The molecule has 2 aromatic heterocycles. The van der Waals surface area contributed by atoms with Gasteiger partial charge >= 0.3 is 11.9 Å². The molecule has 0 aliphatic carbocycles. The van der Waals surface area contributed by atoms with Gasteiger partial charge in [-0.2, -0.15) is 8.61 Å². The van der Waals surface area contributed by atoms with Crippen LogP contribution >= 0.6 is 0 Å². The molecule has 68 heavy (non-hydrogen) atoms. The maximum atomic E-state index is 14.0. The number of sulfonamides is 2. The zero-order chi connectivity index (χ0) is 48.4. The number of aryl methyl sites for hydroxylation is 4. The van der Waals surface area contributed by atoms with Gasteiger partial charge in [-0.25, -0.2) is 16.8 Å². The number of ether oxygens (including phenoxy) is 2. The van der Waals surface area contributed by atoms with Gasteiger partial charge in [-0.05, 0) is 113 Å². The van der Waals surface area contributed by atoms with Gasteiger partial charge in [0.05, 0.1) is 24.0 Å². The molecule has 2 fully saturated rings. The van der Waals surface area contributed by atoms with E-state index in [1.165, 1.54) is 14.2 Å². The van der Waals surface area contributed by atoms with Gasteiger partial charge in [-0.15, -0.1) is 13.2 Å². The number of methoxy groups -OCH3 is 2. The highest BCUT2D eigenvalue weighted by Crippen LogP contribution is 2.56. The molecular weight excluding hydrogens is 897 g/mol. The van der Waals surface area contributed by atoms with Gasteiger partial charge in [-0.3, -0.25) is 9.59 Å². The van der Waals surface area contributed by atoms with Crippen LogP contribution in [0, 0.1) is 51.4 Å². The zero-order valence-corrected chi connectivity index (χ0v) is 41.2. The van der Waals surface area contributed by atoms with Crippen molar-refractivity contribution < 1.29 is 35.9 Å². The number of nitrogens with zero attached hydrogens (tertiary/aromatic N) is 4. The van der Waals surface area contributed by atoms with Crippen LogP contribution in [0.25, 0.3) is 21.8 Å². The molecule has 10 rings (SSSR count). The average molecular weight is 957 g/mol. The van der Waals surface area contributed by atoms with Crippen molar-refractivity contribution in [3.05, 3.63) is 156 Å². The van der Waals surface area contributed by atoms with Crippen LogP contribution in [0.1, 0.15) is 83.5 Å². The van der Waals surface area contributed by atoms with E-state index in [1.54, 1.807) is 32.9 Å². The Morgan fingerprint density at radius 2 is 0.926 bits per heavy atom. The van der Waals surface area contributed by atoms with Crippen LogP contribution in [0.4, 0.5) is 0 Å². The number of hydrogen-bond donors (Lipinski definition) is 0. The fourth-order valence-corrected chi connectivity index (χ4v) is 15.5. The minimum Gasteiger partial charge on any atom is -0.468 e. The van der Waals surface area contributed by atoms with Crippen LogP contribution in [0.15, 0.2) is 132 Å². The van der Waals surface area contributed by atoms with E-state index < -0.39 is 44.2 Å². The molecule has 0 N–H and O–H groups in total. The Hall–Kier alpha value is -5.80. The predicted molar refractivity (Wildman–Crippen MR) is 264 cm³/mol. The van der Waals surface area contributed by atoms with Crippen LogP contribution < -0.4 is 0 Å². The first kappa shape index (κ1) is 47.3. The maximum absolute atomic E-state index is 14.0. The van der Waals surface area contributed by atoms with E-state index in [-0.39, 0.29) is 35.6 Å². The standard InChI is InChI=1S/2C27H30N2O4S/c2*1-5-8-22-21-15-16-28(34(31,32)19-13-11-17(2)12-14-19)26(22)29-23-10-7-6-9-20(23)18(3)25(29)24(21)27(30)33-4/h2*5-7,9-14,21-22,24,26H,1,8,15-16H2,2-4H3/t2*21-,22+,24+,26-/m11/s1. The fourth-order valence-electron chi connectivity index (χ4n) is 12.2. The first-order chi connectivity index (χ1) is 32.6. The molecular formula is C54H60N4O8S2. The number of allylic oxidation sites excluding steroid dienone is 2. The van der Waals surface area contributed by atoms with Crippen molar-refractivity contribution in [3.8, 4) is 0 Å². The van der Waals surface area contributed by atoms with Gasteiger partial charge in [-0.1, -0.05) is 83.9 Å². The van der Waals surface area contributed by atoms with E-state index in [2.05, 4.69) is 22.3 Å². The summed E-state index contributed by atoms with van der Waals surface area (Å²) < 4.78 is 73.9. The molecule has 356 valence electrons. The van der Waals surface area contributed by atoms with Gasteiger partial charge in [0.2, 0.25) is 20.0 Å². The number of benzene rings is 4. The summed E-state index contributed by atoms with van der Waals surface area (Å²) in [6.07, 6.45) is 5.16. The number of para-hydroxylation sites is 2. The molecule has 0 spiro atoms. The van der Waals surface area contributed by atoms with Crippen molar-refractivity contribution in [3.63, 3.8) is 0 Å². The molecule has 0 unspecified atom stereocenters. The molecule has 6 heterocycles. The first-order valence-corrected chi connectivity index (χ1v) is 26.2. The third-order valence-electron chi connectivity index (χ3n) is 15.3. The van der Waals surface area contributed by atoms with Crippen molar-refractivity contribution in [2.45, 2.75) is 87.3 Å². The van der Waals surface area contributed by atoms with Crippen molar-refractivity contribution in [1.29, 1.82) is 0 Å². The number of esters is 2. The summed E-state index contributed by atoms with van der Waals surface area (Å²) in [4.78, 5) is 26.9. The first-order valence-electron chi connectivity index (χ1n) is 23.4. The number of carbonyl (C=O) groups is 2. The molecule has 6 aromatic rings. The summed E-state index contributed by atoms with van der Waals surface area (Å²) in [7, 11) is -4.67. The highest BCUT2D eigenvalue weighted by atomic mass is 32.2. The molecule has 4 bridgehead atoms. The molecule has 14 heteroatoms. The molecule has 4 aromatic carbocycles. The summed E-state index contributed by atoms with van der Waals surface area (Å²) in [5, 5.41) is 2.06. The Bertz CT molecular complexity index is 2960. The Morgan fingerprint density at radius 1 is 0.574 bits per heavy atom. The van der Waals surface area contributed by atoms with Crippen LogP contribution in [0.2, 0.25) is 0 Å².